The van der Waals surface area contributed by atoms with Gasteiger partial charge in [0.25, 0.3) is 31.2 Å². The molecule has 20 nitrogen and oxygen atoms in total. The van der Waals surface area contributed by atoms with Crippen LogP contribution in [0.5, 0.6) is 0 Å². The highest BCUT2D eigenvalue weighted by Gasteiger charge is 2.48. The number of aryl methyl sites for hydroxylation is 2. The molecule has 12 rings (SSSR count). The van der Waals surface area contributed by atoms with E-state index >= 15 is 0 Å². The van der Waals surface area contributed by atoms with E-state index in [1.807, 2.05) is 13.8 Å². The Labute approximate surface area is 509 Å². The van der Waals surface area contributed by atoms with Crippen molar-refractivity contribution < 1.29 is 55.6 Å². The molecule has 4 aromatic heterocycles. The molecule has 4 aliphatic heterocycles. The molecule has 4 aliphatic rings. The summed E-state index contributed by atoms with van der Waals surface area (Å²) in [5.41, 5.74) is -0.382. The first-order chi connectivity index (χ1) is 39.6. The fourth-order valence-corrected chi connectivity index (χ4v) is 12.6. The second kappa shape index (κ2) is 23.6. The predicted octanol–water partition coefficient (Wildman–Crippen LogP) is 8.83. The summed E-state index contributed by atoms with van der Waals surface area (Å²) in [6.07, 6.45) is -0.0385. The molecule has 440 valence electrons. The lowest BCUT2D eigenvalue weighted by Crippen LogP contribution is -2.44. The van der Waals surface area contributed by atoms with Gasteiger partial charge in [0.15, 0.2) is 19.8 Å². The molecule has 2 atom stereocenters. The molecule has 0 unspecified atom stereocenters. The largest absolute Gasteiger partial charge is 0.618 e. The number of carbonyl (C=O) groups is 2. The molecule has 4 aromatic carbocycles. The molecule has 0 aliphatic carbocycles. The zero-order valence-corrected chi connectivity index (χ0v) is 50.6. The van der Waals surface area contributed by atoms with E-state index < -0.39 is 62.9 Å². The van der Waals surface area contributed by atoms with Gasteiger partial charge < -0.3 is 30.1 Å². The van der Waals surface area contributed by atoms with Crippen molar-refractivity contribution in [2.45, 2.75) is 96.4 Å². The minimum atomic E-state index is -4.00. The lowest BCUT2D eigenvalue weighted by molar-refractivity contribution is -0.564. The van der Waals surface area contributed by atoms with Gasteiger partial charge in [0, 0.05) is 22.3 Å². The van der Waals surface area contributed by atoms with Gasteiger partial charge in [-0.1, -0.05) is 131 Å². The summed E-state index contributed by atoms with van der Waals surface area (Å²) in [5, 5.41) is 50.8. The molecule has 8 aromatic rings. The van der Waals surface area contributed by atoms with Crippen molar-refractivity contribution in [2.24, 2.45) is 0 Å². The van der Waals surface area contributed by atoms with E-state index in [0.29, 0.717) is 31.4 Å². The lowest BCUT2D eigenvalue weighted by atomic mass is 9.86. The summed E-state index contributed by atoms with van der Waals surface area (Å²) in [7, 11) is -8.00. The molecular weight excluding hydrogens is 1260 g/mol. The Hall–Kier alpha value is -6.70. The highest BCUT2D eigenvalue weighted by Crippen LogP contribution is 2.41. The Morgan fingerprint density at radius 1 is 0.571 bits per heavy atom. The lowest BCUT2D eigenvalue weighted by Gasteiger charge is -2.31. The van der Waals surface area contributed by atoms with E-state index in [0.717, 1.165) is 11.1 Å². The number of hydrogen-bond acceptors (Lipinski definition) is 14. The molecule has 4 N–H and O–H groups in total. The molecule has 0 radical (unpaired) electrons. The number of para-hydroxylation sites is 2. The third kappa shape index (κ3) is 11.4. The fourth-order valence-electron chi connectivity index (χ4n) is 10.4. The standard InChI is InChI=1S/2C27H23N3O7S.2CHCl3/c2*1-3-27(33)20-12-22-24-17(13-29(22)25(31)19(20)14-37-26(27)32)11-16-5-4-6-21(23(16)30(24)34)28-38(35,36)18-9-7-15(2)8-10-18;2*2-1(3)4/h2*4-12,28,33H,3,13-14H2,1-2H3;2*1H/t2*27-;;/m00../s1. The molecule has 0 spiro atoms. The van der Waals surface area contributed by atoms with Gasteiger partial charge in [0.05, 0.1) is 44.8 Å². The average Bonchev–Trinajstić information content (AvgIpc) is 2.46. The number of aliphatic hydroxyl groups is 2. The Morgan fingerprint density at radius 2 is 0.905 bits per heavy atom. The van der Waals surface area contributed by atoms with Crippen LogP contribution in [0, 0.1) is 24.3 Å². The van der Waals surface area contributed by atoms with Crippen molar-refractivity contribution in [1.29, 1.82) is 0 Å². The maximum Gasteiger partial charge on any atom is 0.343 e. The summed E-state index contributed by atoms with van der Waals surface area (Å²) in [6.45, 7) is 6.57. The maximum absolute atomic E-state index is 13.9. The van der Waals surface area contributed by atoms with Gasteiger partial charge >= 0.3 is 11.9 Å². The molecule has 8 heterocycles. The Morgan fingerprint density at radius 3 is 1.23 bits per heavy atom. The van der Waals surface area contributed by atoms with Crippen LogP contribution in [-0.2, 0) is 76.6 Å². The number of halogens is 6. The summed E-state index contributed by atoms with van der Waals surface area (Å²) in [6, 6.07) is 28.8. The highest BCUT2D eigenvalue weighted by atomic mass is 35.6. The van der Waals surface area contributed by atoms with E-state index in [2.05, 4.69) is 9.44 Å². The average molecular weight is 1310 g/mol. The summed E-state index contributed by atoms with van der Waals surface area (Å²) < 4.78 is 70.1. The first kappa shape index (κ1) is 61.8. The quantitative estimate of drug-likeness (QED) is 0.0479. The number of nitrogens with one attached hydrogen (secondary N) is 2. The minimum Gasteiger partial charge on any atom is -0.618 e. The number of alkyl halides is 6. The van der Waals surface area contributed by atoms with E-state index in [1.54, 1.807) is 74.5 Å². The normalized spacial score (nSPS) is 17.2. The van der Waals surface area contributed by atoms with Crippen LogP contribution in [0.15, 0.2) is 129 Å². The van der Waals surface area contributed by atoms with Crippen molar-refractivity contribution in [3.8, 4) is 22.8 Å². The number of cyclic esters (lactones) is 2. The van der Waals surface area contributed by atoms with Crippen LogP contribution in [0.25, 0.3) is 44.6 Å². The summed E-state index contributed by atoms with van der Waals surface area (Å²) >= 11 is 28.8. The summed E-state index contributed by atoms with van der Waals surface area (Å²) in [4.78, 5) is 51.7. The van der Waals surface area contributed by atoms with Crippen LogP contribution in [0.4, 0.5) is 11.4 Å². The Balaban J connectivity index is 0.000000179. The molecule has 0 saturated heterocycles. The van der Waals surface area contributed by atoms with E-state index in [1.165, 1.54) is 57.7 Å². The number of nitrogens with zero attached hydrogens (tertiary/aromatic N) is 4. The first-order valence-electron chi connectivity index (χ1n) is 25.3. The molecule has 84 heavy (non-hydrogen) atoms. The van der Waals surface area contributed by atoms with Crippen molar-refractivity contribution >= 4 is 135 Å². The maximum atomic E-state index is 13.9. The van der Waals surface area contributed by atoms with Crippen LogP contribution < -0.4 is 30.0 Å². The van der Waals surface area contributed by atoms with Crippen LogP contribution in [0.1, 0.15) is 71.2 Å². The van der Waals surface area contributed by atoms with Gasteiger partial charge in [-0.15, -0.1) is 0 Å². The molecule has 28 heteroatoms. The van der Waals surface area contributed by atoms with Crippen molar-refractivity contribution in [3.63, 3.8) is 0 Å². The molecule has 0 amide bonds. The zero-order valence-electron chi connectivity index (χ0n) is 44.5. The molecule has 0 bridgehead atoms. The van der Waals surface area contributed by atoms with Crippen molar-refractivity contribution in [3.05, 3.63) is 185 Å². The third-order valence-corrected chi connectivity index (χ3v) is 17.4. The number of hydrogen-bond donors (Lipinski definition) is 4. The molecule has 0 fully saturated rings. The number of benzene rings is 4. The van der Waals surface area contributed by atoms with Gasteiger partial charge in [-0.3, -0.25) is 28.2 Å². The highest BCUT2D eigenvalue weighted by molar-refractivity contribution is 7.93. The number of anilines is 2. The first-order valence-corrected chi connectivity index (χ1v) is 30.9. The van der Waals surface area contributed by atoms with Crippen LogP contribution >= 0.6 is 69.6 Å². The second-order valence-corrected chi connectivity index (χ2v) is 27.0. The number of ether oxygens (including phenoxy) is 2. The molecule has 0 saturated carbocycles. The number of sulfonamides is 2. The zero-order chi connectivity index (χ0) is 61.1. The topological polar surface area (TPSA) is 283 Å². The number of esters is 2. The SMILES string of the molecule is CC[C@@]1(O)C(=O)OCc2c1cc1n(c2=O)Cc2cc3cccc(NS(=O)(=O)c4ccc(C)cc4)c3[n+]([O-])c2-1.CC[C@@]1(O)C(=O)OCc2c1cc1n(c2=O)Cc2cc3cccc(NS(=O)(=O)c4ccc(C)cc4)c3[n+]([O-])c2-1.ClC(Cl)Cl.ClC(Cl)Cl. The number of pyridine rings is 4. The minimum absolute atomic E-state index is 0.0192. The Kier molecular flexibility index (Phi) is 17.4. The van der Waals surface area contributed by atoms with Gasteiger partial charge in [-0.25, -0.2) is 26.4 Å². The second-order valence-electron chi connectivity index (χ2n) is 19.7. The number of carbonyl (C=O) groups excluding carboxylic acids is 2. The monoisotopic (exact) mass is 1300 g/mol. The fraction of sp³-hybridized carbons (Fsp3) is 0.250. The smallest absolute Gasteiger partial charge is 0.343 e. The van der Waals surface area contributed by atoms with Gasteiger partial charge in [-0.05, 0) is 99.5 Å². The van der Waals surface area contributed by atoms with Gasteiger partial charge in [-0.2, -0.15) is 9.46 Å². The van der Waals surface area contributed by atoms with E-state index in [4.69, 9.17) is 79.1 Å². The van der Waals surface area contributed by atoms with Gasteiger partial charge in [0.2, 0.25) is 22.4 Å². The van der Waals surface area contributed by atoms with Crippen LogP contribution in [-0.4, -0.2) is 56.7 Å². The Bertz CT molecular complexity index is 4100. The summed E-state index contributed by atoms with van der Waals surface area (Å²) in [5.74, 6) is -1.70. The van der Waals surface area contributed by atoms with Crippen molar-refractivity contribution in [1.82, 2.24) is 9.13 Å². The number of fused-ring (bicyclic) bond motifs is 10. The molecular formula is C56H48Cl6N6O14S2. The predicted molar refractivity (Wildman–Crippen MR) is 318 cm³/mol. The van der Waals surface area contributed by atoms with Crippen LogP contribution in [0.3, 0.4) is 0 Å². The van der Waals surface area contributed by atoms with Crippen LogP contribution in [0.2, 0.25) is 0 Å². The number of rotatable bonds is 8. The third-order valence-electron chi connectivity index (χ3n) is 14.6. The van der Waals surface area contributed by atoms with Gasteiger partial charge in [0.1, 0.15) is 36.0 Å². The van der Waals surface area contributed by atoms with E-state index in [-0.39, 0.29) is 116 Å². The van der Waals surface area contributed by atoms with Crippen molar-refractivity contribution in [2.75, 3.05) is 9.44 Å². The van der Waals surface area contributed by atoms with E-state index in [9.17, 15) is 56.6 Å². The number of aromatic nitrogens is 4.